The first-order chi connectivity index (χ1) is 7.98. The van der Waals surface area contributed by atoms with Crippen molar-refractivity contribution >= 4 is 0 Å². The Hall–Kier alpha value is -1.07. The van der Waals surface area contributed by atoms with E-state index in [4.69, 9.17) is 5.11 Å². The van der Waals surface area contributed by atoms with Crippen LogP contribution in [-0.4, -0.2) is 24.2 Å². The Morgan fingerprint density at radius 3 is 2.35 bits per heavy atom. The van der Waals surface area contributed by atoms with E-state index in [2.05, 4.69) is 5.32 Å². The summed E-state index contributed by atoms with van der Waals surface area (Å²) < 4.78 is 38.4. The average molecular weight is 247 g/mol. The van der Waals surface area contributed by atoms with E-state index in [1.807, 2.05) is 6.92 Å². The second kappa shape index (κ2) is 6.02. The lowest BCUT2D eigenvalue weighted by Crippen LogP contribution is -2.37. The number of benzene rings is 1. The number of alkyl halides is 2. The largest absolute Gasteiger partial charge is 0.390 e. The van der Waals surface area contributed by atoms with Crippen molar-refractivity contribution in [1.29, 1.82) is 0 Å². The summed E-state index contributed by atoms with van der Waals surface area (Å²) in [7, 11) is 0. The fourth-order valence-electron chi connectivity index (χ4n) is 1.52. The van der Waals surface area contributed by atoms with Crippen molar-refractivity contribution in [3.05, 3.63) is 35.6 Å². The van der Waals surface area contributed by atoms with Crippen LogP contribution in [0.2, 0.25) is 0 Å². The monoisotopic (exact) mass is 247 g/mol. The molecule has 0 bridgehead atoms. The van der Waals surface area contributed by atoms with Crippen molar-refractivity contribution in [3.8, 4) is 0 Å². The summed E-state index contributed by atoms with van der Waals surface area (Å²) in [6.07, 6.45) is 0.604. The maximum Gasteiger partial charge on any atom is 0.282 e. The molecule has 0 fully saturated rings. The summed E-state index contributed by atoms with van der Waals surface area (Å²) in [5.41, 5.74) is 0.752. The van der Waals surface area contributed by atoms with Crippen LogP contribution in [0.3, 0.4) is 0 Å². The molecule has 0 aliphatic heterocycles. The molecule has 0 heterocycles. The van der Waals surface area contributed by atoms with E-state index in [1.165, 1.54) is 12.1 Å². The van der Waals surface area contributed by atoms with Crippen molar-refractivity contribution in [2.45, 2.75) is 25.3 Å². The van der Waals surface area contributed by atoms with Gasteiger partial charge >= 0.3 is 0 Å². The molecule has 0 amide bonds. The Kier molecular flexibility index (Phi) is 4.96. The summed E-state index contributed by atoms with van der Waals surface area (Å²) >= 11 is 0. The molecule has 0 spiro atoms. The molecule has 2 nitrogen and oxygen atoms in total. The highest BCUT2D eigenvalue weighted by Gasteiger charge is 2.28. The van der Waals surface area contributed by atoms with Crippen LogP contribution in [-0.2, 0) is 0 Å². The Morgan fingerprint density at radius 2 is 1.88 bits per heavy atom. The fourth-order valence-corrected chi connectivity index (χ4v) is 1.52. The first-order valence-corrected chi connectivity index (χ1v) is 5.46. The molecule has 1 rings (SSSR count). The normalized spacial score (nSPS) is 13.7. The van der Waals surface area contributed by atoms with Crippen molar-refractivity contribution in [2.24, 2.45) is 0 Å². The van der Waals surface area contributed by atoms with Gasteiger partial charge in [-0.05, 0) is 24.1 Å². The molecule has 0 saturated carbocycles. The number of hydrogen-bond acceptors (Lipinski definition) is 2. The van der Waals surface area contributed by atoms with Gasteiger partial charge in [0.05, 0.1) is 6.54 Å². The van der Waals surface area contributed by atoms with Crippen LogP contribution < -0.4 is 5.32 Å². The summed E-state index contributed by atoms with van der Waals surface area (Å²) in [6.45, 7) is 0.0668. The second-order valence-corrected chi connectivity index (χ2v) is 3.91. The zero-order valence-corrected chi connectivity index (χ0v) is 9.59. The van der Waals surface area contributed by atoms with Crippen LogP contribution in [0.15, 0.2) is 24.3 Å². The Bertz CT molecular complexity index is 340. The van der Waals surface area contributed by atoms with Crippen LogP contribution in [0.4, 0.5) is 13.2 Å². The smallest absolute Gasteiger partial charge is 0.282 e. The van der Waals surface area contributed by atoms with Gasteiger partial charge in [-0.15, -0.1) is 0 Å². The minimum atomic E-state index is -3.13. The molecular formula is C12H16F3NO. The molecule has 5 heteroatoms. The molecule has 2 N–H and O–H groups in total. The summed E-state index contributed by atoms with van der Waals surface area (Å²) in [4.78, 5) is 0. The van der Waals surface area contributed by atoms with Crippen LogP contribution in [0, 0.1) is 5.82 Å². The van der Waals surface area contributed by atoms with Crippen LogP contribution in [0.1, 0.15) is 24.9 Å². The molecule has 0 aliphatic rings. The lowest BCUT2D eigenvalue weighted by molar-refractivity contribution is -0.0494. The maximum absolute atomic E-state index is 12.9. The van der Waals surface area contributed by atoms with Crippen molar-refractivity contribution < 1.29 is 18.3 Å². The highest BCUT2D eigenvalue weighted by molar-refractivity contribution is 5.19. The molecule has 1 atom stereocenters. The lowest BCUT2D eigenvalue weighted by Gasteiger charge is -2.21. The van der Waals surface area contributed by atoms with E-state index >= 15 is 0 Å². The van der Waals surface area contributed by atoms with Gasteiger partial charge in [0.1, 0.15) is 12.4 Å². The van der Waals surface area contributed by atoms with Gasteiger partial charge in [0.2, 0.25) is 0 Å². The van der Waals surface area contributed by atoms with Gasteiger partial charge in [0.25, 0.3) is 5.92 Å². The third-order valence-electron chi connectivity index (χ3n) is 2.52. The summed E-state index contributed by atoms with van der Waals surface area (Å²) in [5.74, 6) is -3.49. The van der Waals surface area contributed by atoms with E-state index < -0.39 is 19.1 Å². The number of aliphatic hydroxyl groups excluding tert-OH is 1. The van der Waals surface area contributed by atoms with Gasteiger partial charge in [-0.25, -0.2) is 13.2 Å². The Labute approximate surface area is 98.5 Å². The first-order valence-electron chi connectivity index (χ1n) is 5.46. The third kappa shape index (κ3) is 4.36. The zero-order valence-electron chi connectivity index (χ0n) is 9.59. The van der Waals surface area contributed by atoms with Crippen molar-refractivity contribution in [3.63, 3.8) is 0 Å². The molecule has 0 saturated heterocycles. The summed E-state index contributed by atoms with van der Waals surface area (Å²) in [6, 6.07) is 5.45. The van der Waals surface area contributed by atoms with Gasteiger partial charge in [-0.2, -0.15) is 0 Å². The highest BCUT2D eigenvalue weighted by atomic mass is 19.3. The number of aliphatic hydroxyl groups is 1. The Morgan fingerprint density at radius 1 is 1.29 bits per heavy atom. The quantitative estimate of drug-likeness (QED) is 0.809. The highest BCUT2D eigenvalue weighted by Crippen LogP contribution is 2.19. The van der Waals surface area contributed by atoms with E-state index in [9.17, 15) is 13.2 Å². The molecule has 17 heavy (non-hydrogen) atoms. The first kappa shape index (κ1) is 14.0. The van der Waals surface area contributed by atoms with E-state index in [0.29, 0.717) is 6.42 Å². The molecule has 96 valence electrons. The van der Waals surface area contributed by atoms with Gasteiger partial charge in [-0.1, -0.05) is 19.1 Å². The van der Waals surface area contributed by atoms with Gasteiger partial charge in [-0.3, -0.25) is 0 Å². The molecule has 0 aliphatic carbocycles. The van der Waals surface area contributed by atoms with E-state index in [0.717, 1.165) is 5.56 Å². The van der Waals surface area contributed by atoms with E-state index in [1.54, 1.807) is 12.1 Å². The molecular weight excluding hydrogens is 231 g/mol. The number of hydrogen-bond donors (Lipinski definition) is 2. The van der Waals surface area contributed by atoms with Crippen molar-refractivity contribution in [1.82, 2.24) is 5.32 Å². The predicted molar refractivity (Wildman–Crippen MR) is 59.5 cm³/mol. The van der Waals surface area contributed by atoms with Crippen LogP contribution >= 0.6 is 0 Å². The molecule has 1 aromatic carbocycles. The molecule has 0 aromatic heterocycles. The number of nitrogens with one attached hydrogen (secondary N) is 1. The van der Waals surface area contributed by atoms with Crippen molar-refractivity contribution in [2.75, 3.05) is 13.2 Å². The SMILES string of the molecule is CCC(NCC(F)(F)CO)c1ccc(F)cc1. The van der Waals surface area contributed by atoms with Crippen LogP contribution in [0.25, 0.3) is 0 Å². The topological polar surface area (TPSA) is 32.3 Å². The lowest BCUT2D eigenvalue weighted by atomic mass is 10.0. The van der Waals surface area contributed by atoms with Gasteiger partial charge in [0, 0.05) is 6.04 Å². The minimum Gasteiger partial charge on any atom is -0.390 e. The molecule has 1 unspecified atom stereocenters. The minimum absolute atomic E-state index is 0.270. The van der Waals surface area contributed by atoms with Gasteiger partial charge < -0.3 is 10.4 Å². The number of halogens is 3. The predicted octanol–water partition coefficient (Wildman–Crippen LogP) is 2.49. The molecule has 1 aromatic rings. The third-order valence-corrected chi connectivity index (χ3v) is 2.52. The summed E-state index contributed by atoms with van der Waals surface area (Å²) in [5, 5.41) is 11.1. The Balaban J connectivity index is 2.63. The fraction of sp³-hybridized carbons (Fsp3) is 0.500. The number of rotatable bonds is 6. The maximum atomic E-state index is 12.9. The van der Waals surface area contributed by atoms with Crippen LogP contribution in [0.5, 0.6) is 0 Å². The second-order valence-electron chi connectivity index (χ2n) is 3.91. The van der Waals surface area contributed by atoms with Gasteiger partial charge in [0.15, 0.2) is 0 Å². The van der Waals surface area contributed by atoms with E-state index in [-0.39, 0.29) is 11.9 Å². The zero-order chi connectivity index (χ0) is 12.9. The average Bonchev–Trinajstić information content (AvgIpc) is 2.32. The molecule has 0 radical (unpaired) electrons. The standard InChI is InChI=1S/C12H16F3NO/c1-2-11(16-7-12(14,15)8-17)9-3-5-10(13)6-4-9/h3-6,11,16-17H,2,7-8H2,1H3.